The third kappa shape index (κ3) is 20.8. The number of rotatable bonds is 13. The highest BCUT2D eigenvalue weighted by Gasteiger charge is 2.42. The van der Waals surface area contributed by atoms with Crippen LogP contribution in [0.4, 0.5) is 88.7 Å². The number of aromatic nitrogens is 12. The number of nitrogen functional groups attached to an aromatic ring is 2. The number of hydrogen-bond acceptors (Lipinski definition) is 19. The molecule has 0 saturated carbocycles. The highest BCUT2D eigenvalue weighted by molar-refractivity contribution is 7.93. The number of benzene rings is 3. The van der Waals surface area contributed by atoms with Crippen molar-refractivity contribution in [2.45, 2.75) is 60.4 Å². The molecule has 0 atom stereocenters. The van der Waals surface area contributed by atoms with E-state index >= 15 is 0 Å². The van der Waals surface area contributed by atoms with Crippen LogP contribution in [-0.4, -0.2) is 91.5 Å². The van der Waals surface area contributed by atoms with E-state index < -0.39 is 165 Å². The van der Waals surface area contributed by atoms with Crippen molar-refractivity contribution in [3.8, 4) is 28.9 Å². The molecular formula is C51H37Cl6F15N18O8S3. The molecular weight excluding hydrogens is 1590 g/mol. The maximum atomic E-state index is 13.6. The molecule has 10 aromatic rings. The van der Waals surface area contributed by atoms with Gasteiger partial charge in [0.15, 0.2) is 17.2 Å². The average molecular weight is 1620 g/mol. The Kier molecular flexibility index (Phi) is 26.1. The van der Waals surface area contributed by atoms with E-state index in [-0.39, 0.29) is 47.5 Å². The molecule has 7 heterocycles. The lowest BCUT2D eigenvalue weighted by molar-refractivity contribution is -0.157. The first kappa shape index (κ1) is 82.6. The number of hydrazine groups is 1. The highest BCUT2D eigenvalue weighted by Crippen LogP contribution is 2.42. The molecule has 10 rings (SSSR count). The molecule has 0 saturated heterocycles. The molecule has 101 heavy (non-hydrogen) atoms. The standard InChI is InChI=1S/C18H9Cl2F6N7O2S.C15H6Cl2F6N4O3S.C13H9Cl2F3N4O3S.C3H5N3.2CH4/c19-8-5-12(32-36(34,35)9-1-2-11(20)10(6-9)17(21,22)23)14(27-7-8)15-30-31-16(18(24,25)26)33(15)13-3-4-28-29-13;16-6-3-10(11(24-5-6)12-25-26-13(30-12)15(21,22)23)27-31(28,29)7-1-2-9(17)8(4-7)14(18,19)20;14-6-3-10(11(20-5-6)12(23)21-19)22-26(24,25)7-1-2-9(15)8(4-7)13(16,17)18;4-3-1-2-5-6-3;;/h1-7,32H,(H,28,29);1-5,27H;1-5,22H,19H2,(H,21,23);1-2H,(H3,4,5,6);2*1H4. The first-order chi connectivity index (χ1) is 45.7. The predicted octanol–water partition coefficient (Wildman–Crippen LogP) is 14.5. The number of pyridine rings is 3. The molecule has 0 spiro atoms. The largest absolute Gasteiger partial charge is 0.470 e. The van der Waals surface area contributed by atoms with Crippen LogP contribution in [0.1, 0.15) is 53.7 Å². The second-order valence-corrected chi connectivity index (χ2v) is 26.0. The number of amides is 1. The van der Waals surface area contributed by atoms with Gasteiger partial charge in [-0.1, -0.05) is 84.5 Å². The topological polar surface area (TPSA) is 385 Å². The lowest BCUT2D eigenvalue weighted by Gasteiger charge is -2.15. The number of H-pyrrole nitrogens is 2. The van der Waals surface area contributed by atoms with Crippen LogP contribution < -0.4 is 31.2 Å². The zero-order valence-electron chi connectivity index (χ0n) is 47.0. The minimum atomic E-state index is -4.99. The zero-order valence-corrected chi connectivity index (χ0v) is 54.0. The summed E-state index contributed by atoms with van der Waals surface area (Å²) in [6.07, 6.45) is -18.9. The predicted molar refractivity (Wildman–Crippen MR) is 333 cm³/mol. The summed E-state index contributed by atoms with van der Waals surface area (Å²) < 4.78 is 283. The monoisotopic (exact) mass is 1620 g/mol. The molecule has 0 bridgehead atoms. The molecule has 10 N–H and O–H groups in total. The fourth-order valence-electron chi connectivity index (χ4n) is 7.35. The summed E-state index contributed by atoms with van der Waals surface area (Å²) in [5.41, 5.74) is -0.0485. The summed E-state index contributed by atoms with van der Waals surface area (Å²) in [5, 5.41) is 22.1. The number of halogens is 21. The van der Waals surface area contributed by atoms with E-state index in [4.69, 9.17) is 81.2 Å². The van der Waals surface area contributed by atoms with Crippen molar-refractivity contribution in [2.75, 3.05) is 19.9 Å². The molecule has 544 valence electrons. The number of carbonyl (C=O) groups is 1. The van der Waals surface area contributed by atoms with Gasteiger partial charge >= 0.3 is 36.8 Å². The number of hydrogen-bond donors (Lipinski definition) is 8. The summed E-state index contributed by atoms with van der Waals surface area (Å²) in [6, 6.07) is 11.5. The summed E-state index contributed by atoms with van der Waals surface area (Å²) in [4.78, 5) is 20.4. The van der Waals surface area contributed by atoms with Gasteiger partial charge in [-0.05, 0) is 78.9 Å². The third-order valence-electron chi connectivity index (χ3n) is 11.6. The van der Waals surface area contributed by atoms with E-state index in [1.54, 1.807) is 17.7 Å². The third-order valence-corrected chi connectivity index (χ3v) is 17.2. The second kappa shape index (κ2) is 31.9. The van der Waals surface area contributed by atoms with Gasteiger partial charge in [0, 0.05) is 24.7 Å². The minimum Gasteiger partial charge on any atom is -0.411 e. The Morgan fingerprint density at radius 2 is 0.891 bits per heavy atom. The molecule has 0 aliphatic rings. The van der Waals surface area contributed by atoms with Crippen LogP contribution in [0.5, 0.6) is 0 Å². The van der Waals surface area contributed by atoms with Gasteiger partial charge in [0.05, 0.1) is 91.0 Å². The molecule has 7 aromatic heterocycles. The maximum Gasteiger partial charge on any atom is 0.470 e. The Morgan fingerprint density at radius 3 is 1.26 bits per heavy atom. The smallest absolute Gasteiger partial charge is 0.411 e. The van der Waals surface area contributed by atoms with E-state index in [1.807, 2.05) is 14.2 Å². The van der Waals surface area contributed by atoms with Gasteiger partial charge in [-0.2, -0.15) is 76.1 Å². The van der Waals surface area contributed by atoms with Crippen LogP contribution in [0.2, 0.25) is 30.1 Å². The van der Waals surface area contributed by atoms with Crippen molar-refractivity contribution in [1.82, 2.24) is 65.7 Å². The molecule has 0 aliphatic carbocycles. The number of alkyl halides is 15. The SMILES string of the molecule is C.C.NNC(=O)c1ncc(Cl)cc1NS(=O)(=O)c1ccc(Cl)c(C(F)(F)F)c1.Nc1ccn[nH]1.O=S(=O)(Nc1cc(Cl)cnc1-c1nnc(C(F)(F)F)n1-c1ccn[nH]1)c1ccc(Cl)c(C(F)(F)F)c1.O=S(=O)(Nc1cc(Cl)cnc1-c1nnc(C(F)(F)F)o1)c1ccc(Cl)c(C(F)(F)F)c1. The molecule has 26 nitrogen and oxygen atoms in total. The number of nitrogens with zero attached hydrogens (tertiary/aromatic N) is 10. The number of nitrogens with two attached hydrogens (primary N) is 2. The summed E-state index contributed by atoms with van der Waals surface area (Å²) >= 11 is 33.9. The van der Waals surface area contributed by atoms with Gasteiger partial charge in [0.1, 0.15) is 17.3 Å². The van der Waals surface area contributed by atoms with Crippen LogP contribution in [0.3, 0.4) is 0 Å². The number of nitrogens with one attached hydrogen (secondary N) is 6. The van der Waals surface area contributed by atoms with E-state index in [0.29, 0.717) is 22.5 Å². The molecule has 0 unspecified atom stereocenters. The van der Waals surface area contributed by atoms with E-state index in [9.17, 15) is 95.9 Å². The lowest BCUT2D eigenvalue weighted by atomic mass is 10.2. The van der Waals surface area contributed by atoms with Crippen LogP contribution in [-0.2, 0) is 61.0 Å². The van der Waals surface area contributed by atoms with Crippen LogP contribution >= 0.6 is 69.6 Å². The van der Waals surface area contributed by atoms with Crippen molar-refractivity contribution in [1.29, 1.82) is 0 Å². The molecule has 50 heteroatoms. The fourth-order valence-corrected chi connectivity index (χ4v) is 11.7. The van der Waals surface area contributed by atoms with Crippen LogP contribution in [0.15, 0.2) is 135 Å². The van der Waals surface area contributed by atoms with Crippen molar-refractivity contribution < 1.29 is 100 Å². The van der Waals surface area contributed by atoms with Gasteiger partial charge in [-0.15, -0.1) is 20.4 Å². The van der Waals surface area contributed by atoms with Crippen molar-refractivity contribution in [3.05, 3.63) is 180 Å². The van der Waals surface area contributed by atoms with Crippen molar-refractivity contribution >= 4 is 128 Å². The molecule has 0 aliphatic heterocycles. The average Bonchev–Trinajstić information content (AvgIpc) is 1.75. The summed E-state index contributed by atoms with van der Waals surface area (Å²) in [7, 11) is -14.0. The van der Waals surface area contributed by atoms with Crippen LogP contribution in [0.25, 0.3) is 28.9 Å². The Balaban J connectivity index is 0.000000262. The highest BCUT2D eigenvalue weighted by atomic mass is 35.5. The van der Waals surface area contributed by atoms with E-state index in [1.165, 1.54) is 0 Å². The Hall–Kier alpha value is -9.02. The van der Waals surface area contributed by atoms with Crippen molar-refractivity contribution in [3.63, 3.8) is 0 Å². The van der Waals surface area contributed by atoms with Gasteiger partial charge in [0.2, 0.25) is 5.82 Å². The first-order valence-corrected chi connectivity index (χ1v) is 31.8. The minimum absolute atomic E-state index is 0. The second-order valence-electron chi connectivity index (χ2n) is 18.4. The summed E-state index contributed by atoms with van der Waals surface area (Å²) in [6.45, 7) is 0. The number of anilines is 4. The first-order valence-electron chi connectivity index (χ1n) is 25.1. The van der Waals surface area contributed by atoms with E-state index in [2.05, 4.69) is 60.2 Å². The fraction of sp³-hybridized carbons (Fsp3) is 0.137. The number of carbonyl (C=O) groups excluding carboxylic acids is 1. The van der Waals surface area contributed by atoms with Gasteiger partial charge in [0.25, 0.3) is 41.9 Å². The van der Waals surface area contributed by atoms with Gasteiger partial charge < -0.3 is 10.2 Å². The van der Waals surface area contributed by atoms with E-state index in [0.717, 1.165) is 85.5 Å². The normalized spacial score (nSPS) is 12.0. The van der Waals surface area contributed by atoms with Crippen LogP contribution in [0, 0.1) is 0 Å². The Morgan fingerprint density at radius 1 is 0.485 bits per heavy atom. The van der Waals surface area contributed by atoms with Gasteiger partial charge in [-0.25, -0.2) is 46.0 Å². The molecule has 1 amide bonds. The molecule has 3 aromatic carbocycles. The summed E-state index contributed by atoms with van der Waals surface area (Å²) in [5.74, 6) is -0.182. The number of aromatic amines is 2. The maximum absolute atomic E-state index is 13.6. The number of sulfonamides is 3. The van der Waals surface area contributed by atoms with Gasteiger partial charge in [-0.3, -0.25) is 39.2 Å². The zero-order chi connectivity index (χ0) is 73.8. The lowest BCUT2D eigenvalue weighted by Crippen LogP contribution is -2.31. The quantitative estimate of drug-likeness (QED) is 0.0230. The Bertz CT molecular complexity index is 4960. The Labute approximate surface area is 586 Å². The molecule has 0 fully saturated rings. The molecule has 0 radical (unpaired) electrons. The van der Waals surface area contributed by atoms with Crippen molar-refractivity contribution in [2.24, 2.45) is 5.84 Å².